The number of carbonyl (C=O) groups excluding carboxylic acids is 3. The van der Waals surface area contributed by atoms with Gasteiger partial charge in [-0.15, -0.1) is 0 Å². The number of rotatable bonds is 8. The molecule has 0 aliphatic carbocycles. The molecule has 1 saturated heterocycles. The Morgan fingerprint density at radius 3 is 2.38 bits per heavy atom. The number of amides is 1. The summed E-state index contributed by atoms with van der Waals surface area (Å²) in [5.41, 5.74) is 2.93. The van der Waals surface area contributed by atoms with Crippen LogP contribution in [0, 0.1) is 19.7 Å². The van der Waals surface area contributed by atoms with Crippen LogP contribution >= 0.6 is 11.3 Å². The number of benzene rings is 3. The molecule has 1 unspecified atom stereocenters. The van der Waals surface area contributed by atoms with E-state index < -0.39 is 35.3 Å². The quantitative estimate of drug-likeness (QED) is 0.112. The summed E-state index contributed by atoms with van der Waals surface area (Å²) < 4.78 is 24.8. The van der Waals surface area contributed by atoms with Crippen molar-refractivity contribution in [2.24, 2.45) is 0 Å². The second kappa shape index (κ2) is 12.0. The van der Waals surface area contributed by atoms with Gasteiger partial charge in [-0.05, 0) is 73.9 Å². The Morgan fingerprint density at radius 2 is 1.71 bits per heavy atom. The molecule has 1 atom stereocenters. The number of nitrogens with zero attached hydrogens (tertiary/aromatic N) is 2. The van der Waals surface area contributed by atoms with Gasteiger partial charge >= 0.3 is 11.9 Å². The van der Waals surface area contributed by atoms with Crippen LogP contribution in [0.1, 0.15) is 50.6 Å². The van der Waals surface area contributed by atoms with E-state index in [0.717, 1.165) is 27.4 Å². The Morgan fingerprint density at radius 1 is 1.02 bits per heavy atom. The third-order valence-corrected chi connectivity index (χ3v) is 8.00. The highest BCUT2D eigenvalue weighted by Crippen LogP contribution is 2.44. The first-order chi connectivity index (χ1) is 20.2. The molecule has 1 aliphatic heterocycles. The van der Waals surface area contributed by atoms with Crippen molar-refractivity contribution < 1.29 is 33.4 Å². The first-order valence-corrected chi connectivity index (χ1v) is 14.0. The Balaban J connectivity index is 1.52. The lowest BCUT2D eigenvalue weighted by atomic mass is 9.95. The van der Waals surface area contributed by atoms with Gasteiger partial charge in [0.25, 0.3) is 5.78 Å². The largest absolute Gasteiger partial charge is 0.507 e. The lowest BCUT2D eigenvalue weighted by Crippen LogP contribution is -2.29. The average molecular weight is 587 g/mol. The fourth-order valence-corrected chi connectivity index (χ4v) is 5.65. The molecular weight excluding hydrogens is 559 g/mol. The number of aliphatic hydroxyl groups is 1. The number of anilines is 1. The Labute approximate surface area is 245 Å². The summed E-state index contributed by atoms with van der Waals surface area (Å²) in [7, 11) is 0. The SMILES string of the molecule is CCOC(=O)c1sc(N2C(=O)C(=O)/C(=C(/O)c3ccc(OCc4ccccc4C)cc3)C2c2ccc(F)cc2)nc1C. The zero-order valence-corrected chi connectivity index (χ0v) is 23.9. The van der Waals surface area contributed by atoms with Crippen LogP contribution in [-0.4, -0.2) is 34.4 Å². The molecule has 0 spiro atoms. The maximum atomic E-state index is 13.8. The van der Waals surface area contributed by atoms with Crippen molar-refractivity contribution >= 4 is 39.9 Å². The van der Waals surface area contributed by atoms with Gasteiger partial charge in [0.05, 0.1) is 23.9 Å². The number of aliphatic hydroxyl groups excluding tert-OH is 1. The predicted octanol–water partition coefficient (Wildman–Crippen LogP) is 6.28. The summed E-state index contributed by atoms with van der Waals surface area (Å²) in [6.45, 7) is 5.77. The summed E-state index contributed by atoms with van der Waals surface area (Å²) in [6, 6.07) is 18.5. The smallest absolute Gasteiger partial charge is 0.350 e. The summed E-state index contributed by atoms with van der Waals surface area (Å²) in [5, 5.41) is 11.5. The van der Waals surface area contributed by atoms with Crippen LogP contribution in [0.25, 0.3) is 5.76 Å². The van der Waals surface area contributed by atoms with Gasteiger partial charge in [-0.25, -0.2) is 14.2 Å². The normalized spacial score (nSPS) is 16.1. The number of halogens is 1. The van der Waals surface area contributed by atoms with E-state index in [9.17, 15) is 23.9 Å². The van der Waals surface area contributed by atoms with Crippen LogP contribution in [0.4, 0.5) is 9.52 Å². The summed E-state index contributed by atoms with van der Waals surface area (Å²) in [5.74, 6) is -2.84. The van der Waals surface area contributed by atoms with Crippen LogP contribution in [0.3, 0.4) is 0 Å². The van der Waals surface area contributed by atoms with Crippen molar-refractivity contribution in [1.82, 2.24) is 4.98 Å². The molecule has 10 heteroatoms. The highest BCUT2D eigenvalue weighted by molar-refractivity contribution is 7.17. The van der Waals surface area contributed by atoms with Gasteiger partial charge in [0.2, 0.25) is 0 Å². The van der Waals surface area contributed by atoms with Gasteiger partial charge in [0, 0.05) is 5.56 Å². The van der Waals surface area contributed by atoms with Crippen molar-refractivity contribution in [2.45, 2.75) is 33.4 Å². The molecule has 0 radical (unpaired) electrons. The van der Waals surface area contributed by atoms with E-state index in [2.05, 4.69) is 4.98 Å². The van der Waals surface area contributed by atoms with E-state index in [4.69, 9.17) is 9.47 Å². The Kier molecular flexibility index (Phi) is 8.17. The van der Waals surface area contributed by atoms with Gasteiger partial charge in [0.15, 0.2) is 5.13 Å². The fourth-order valence-electron chi connectivity index (χ4n) is 4.66. The van der Waals surface area contributed by atoms with Crippen LogP contribution in [0.15, 0.2) is 78.4 Å². The van der Waals surface area contributed by atoms with Crippen molar-refractivity contribution in [3.05, 3.63) is 117 Å². The molecule has 214 valence electrons. The fraction of sp³-hybridized carbons (Fsp3) is 0.188. The number of esters is 1. The molecule has 1 N–H and O–H groups in total. The second-order valence-corrected chi connectivity index (χ2v) is 10.6. The van der Waals surface area contributed by atoms with Gasteiger partial charge in [-0.2, -0.15) is 0 Å². The van der Waals surface area contributed by atoms with Gasteiger partial charge in [-0.3, -0.25) is 14.5 Å². The zero-order valence-electron chi connectivity index (χ0n) is 23.1. The molecule has 1 fully saturated rings. The number of carbonyl (C=O) groups is 3. The van der Waals surface area contributed by atoms with E-state index in [0.29, 0.717) is 23.6 Å². The molecule has 1 aromatic heterocycles. The van der Waals surface area contributed by atoms with Crippen LogP contribution in [-0.2, 0) is 20.9 Å². The maximum Gasteiger partial charge on any atom is 0.350 e. The number of aromatic nitrogens is 1. The van der Waals surface area contributed by atoms with Gasteiger partial charge in [0.1, 0.15) is 28.8 Å². The van der Waals surface area contributed by atoms with Gasteiger partial charge in [-0.1, -0.05) is 47.7 Å². The minimum atomic E-state index is -1.12. The molecule has 5 rings (SSSR count). The number of thiazole rings is 1. The number of aryl methyl sites for hydroxylation is 2. The molecule has 3 aromatic carbocycles. The van der Waals surface area contributed by atoms with Crippen molar-refractivity contribution in [2.75, 3.05) is 11.5 Å². The highest BCUT2D eigenvalue weighted by atomic mass is 32.1. The predicted molar refractivity (Wildman–Crippen MR) is 156 cm³/mol. The van der Waals surface area contributed by atoms with Crippen molar-refractivity contribution in [3.63, 3.8) is 0 Å². The topological polar surface area (TPSA) is 106 Å². The van der Waals surface area contributed by atoms with Crippen molar-refractivity contribution in [1.29, 1.82) is 0 Å². The highest BCUT2D eigenvalue weighted by Gasteiger charge is 2.48. The average Bonchev–Trinajstić information content (AvgIpc) is 3.49. The third-order valence-electron chi connectivity index (χ3n) is 6.87. The first-order valence-electron chi connectivity index (χ1n) is 13.2. The molecule has 0 bridgehead atoms. The third kappa shape index (κ3) is 5.53. The Hall–Kier alpha value is -4.83. The minimum absolute atomic E-state index is 0.0750. The number of ether oxygens (including phenoxy) is 2. The molecule has 1 aliphatic rings. The van der Waals surface area contributed by atoms with E-state index in [-0.39, 0.29) is 27.8 Å². The second-order valence-electron chi connectivity index (χ2n) is 9.59. The summed E-state index contributed by atoms with van der Waals surface area (Å²) in [4.78, 5) is 45.0. The molecule has 2 heterocycles. The monoisotopic (exact) mass is 586 g/mol. The van der Waals surface area contributed by atoms with Crippen LogP contribution < -0.4 is 9.64 Å². The molecule has 8 nitrogen and oxygen atoms in total. The van der Waals surface area contributed by atoms with Crippen molar-refractivity contribution in [3.8, 4) is 5.75 Å². The van der Waals surface area contributed by atoms with E-state index in [1.54, 1.807) is 38.1 Å². The van der Waals surface area contributed by atoms with Crippen LogP contribution in [0.5, 0.6) is 5.75 Å². The standard InChI is InChI=1S/C32H27FN2O6S/c1-4-40-31(39)29-19(3)34-32(42-29)35-26(20-9-13-23(33)14-10-20)25(28(37)30(35)38)27(36)21-11-15-24(16-12-21)41-17-22-8-6-5-7-18(22)2/h5-16,26,36H,4,17H2,1-3H3/b27-25+. The van der Waals surface area contributed by atoms with E-state index >= 15 is 0 Å². The molecule has 42 heavy (non-hydrogen) atoms. The Bertz CT molecular complexity index is 1690. The first kappa shape index (κ1) is 28.7. The molecule has 1 amide bonds. The summed E-state index contributed by atoms with van der Waals surface area (Å²) in [6.07, 6.45) is 0. The zero-order chi connectivity index (χ0) is 30.0. The lowest BCUT2D eigenvalue weighted by molar-refractivity contribution is -0.132. The number of hydrogen-bond donors (Lipinski definition) is 1. The summed E-state index contributed by atoms with van der Waals surface area (Å²) >= 11 is 0.901. The number of ketones is 1. The van der Waals surface area contributed by atoms with Gasteiger partial charge < -0.3 is 14.6 Å². The molecular formula is C32H27FN2O6S. The van der Waals surface area contributed by atoms with E-state index in [1.807, 2.05) is 31.2 Å². The lowest BCUT2D eigenvalue weighted by Gasteiger charge is -2.23. The molecule has 0 saturated carbocycles. The van der Waals surface area contributed by atoms with Crippen LogP contribution in [0.2, 0.25) is 0 Å². The number of hydrogen-bond acceptors (Lipinski definition) is 8. The molecule has 4 aromatic rings. The number of Topliss-reactive ketones (excluding diaryl/α,β-unsaturated/α-hetero) is 1. The minimum Gasteiger partial charge on any atom is -0.507 e. The maximum absolute atomic E-state index is 13.8. The van der Waals surface area contributed by atoms with E-state index in [1.165, 1.54) is 24.3 Å².